The van der Waals surface area contributed by atoms with E-state index < -0.39 is 39.7 Å². The van der Waals surface area contributed by atoms with Crippen molar-refractivity contribution in [1.29, 1.82) is 0 Å². The Bertz CT molecular complexity index is 1660. The molecule has 4 aromatic rings. The van der Waals surface area contributed by atoms with Gasteiger partial charge in [-0.05, 0) is 42.0 Å². The predicted molar refractivity (Wildman–Crippen MR) is 129 cm³/mol. The van der Waals surface area contributed by atoms with Gasteiger partial charge in [-0.2, -0.15) is 23.0 Å². The third kappa shape index (κ3) is 4.58. The summed E-state index contributed by atoms with van der Waals surface area (Å²) in [5, 5.41) is 16.0. The van der Waals surface area contributed by atoms with E-state index in [0.29, 0.717) is 29.0 Å². The number of rotatable bonds is 5. The Kier molecular flexibility index (Phi) is 6.13. The van der Waals surface area contributed by atoms with Crippen LogP contribution in [0.25, 0.3) is 16.8 Å². The van der Waals surface area contributed by atoms with Gasteiger partial charge in [-0.1, -0.05) is 30.3 Å². The van der Waals surface area contributed by atoms with Crippen LogP contribution in [-0.4, -0.2) is 35.5 Å². The average molecular weight is 542 g/mol. The molecule has 1 amide bonds. The van der Waals surface area contributed by atoms with E-state index in [-0.39, 0.29) is 21.8 Å². The number of halogens is 3. The first-order valence-electron chi connectivity index (χ1n) is 11.0. The summed E-state index contributed by atoms with van der Waals surface area (Å²) < 4.78 is 68.0. The smallest absolute Gasteiger partial charge is 0.373 e. The van der Waals surface area contributed by atoms with Gasteiger partial charge in [0.15, 0.2) is 5.69 Å². The lowest BCUT2D eigenvalue weighted by Gasteiger charge is -2.11. The summed E-state index contributed by atoms with van der Waals surface area (Å²) >= 11 is 0. The summed E-state index contributed by atoms with van der Waals surface area (Å²) in [7, 11) is -3.93. The number of carbonyl (C=O) groups is 2. The molecule has 0 radical (unpaired) electrons. The number of alkyl halides is 3. The van der Waals surface area contributed by atoms with Crippen molar-refractivity contribution in [2.75, 3.05) is 5.32 Å². The molecule has 1 unspecified atom stereocenters. The van der Waals surface area contributed by atoms with Gasteiger partial charge >= 0.3 is 6.18 Å². The monoisotopic (exact) mass is 542 g/mol. The number of aliphatic hydroxyl groups is 1. The minimum Gasteiger partial charge on any atom is -0.373 e. The molecule has 3 N–H and O–H groups in total. The Morgan fingerprint density at radius 3 is 2.37 bits per heavy atom. The van der Waals surface area contributed by atoms with Crippen molar-refractivity contribution in [2.45, 2.75) is 17.3 Å². The van der Waals surface area contributed by atoms with Crippen LogP contribution >= 0.6 is 0 Å². The molecule has 0 fully saturated rings. The van der Waals surface area contributed by atoms with Gasteiger partial charge in [0.05, 0.1) is 10.6 Å². The highest BCUT2D eigenvalue weighted by molar-refractivity contribution is 7.90. The van der Waals surface area contributed by atoms with E-state index in [1.54, 1.807) is 12.1 Å². The summed E-state index contributed by atoms with van der Waals surface area (Å²) in [5.41, 5.74) is 0.00115. The van der Waals surface area contributed by atoms with Crippen molar-refractivity contribution in [2.24, 2.45) is 0 Å². The van der Waals surface area contributed by atoms with Gasteiger partial charge in [0, 0.05) is 28.4 Å². The molecule has 5 rings (SSSR count). The van der Waals surface area contributed by atoms with Gasteiger partial charge in [-0.25, -0.2) is 13.1 Å². The number of aliphatic hydroxyl groups excluding tert-OH is 1. The molecule has 0 saturated heterocycles. The largest absolute Gasteiger partial charge is 0.435 e. The van der Waals surface area contributed by atoms with Crippen LogP contribution in [0.4, 0.5) is 18.9 Å². The van der Waals surface area contributed by atoms with Crippen LogP contribution in [0.1, 0.15) is 38.3 Å². The molecule has 9 nitrogen and oxygen atoms in total. The minimum atomic E-state index is -4.80. The van der Waals surface area contributed by atoms with E-state index >= 15 is 0 Å². The van der Waals surface area contributed by atoms with Crippen LogP contribution < -0.4 is 10.0 Å². The Morgan fingerprint density at radius 1 is 1.05 bits per heavy atom. The van der Waals surface area contributed by atoms with Gasteiger partial charge in [-0.15, -0.1) is 0 Å². The third-order valence-electron chi connectivity index (χ3n) is 5.84. The normalized spacial score (nSPS) is 16.2. The zero-order valence-electron chi connectivity index (χ0n) is 19.1. The Labute approximate surface area is 213 Å². The van der Waals surface area contributed by atoms with Crippen LogP contribution in [0.3, 0.4) is 0 Å². The summed E-state index contributed by atoms with van der Waals surface area (Å²) in [6.07, 6.45) is -5.60. The topological polar surface area (TPSA) is 130 Å². The molecule has 194 valence electrons. The maximum Gasteiger partial charge on any atom is 0.435 e. The molecule has 2 heterocycles. The van der Waals surface area contributed by atoms with E-state index in [1.807, 2.05) is 0 Å². The number of aldehydes is 1. The molecule has 0 saturated carbocycles. The fraction of sp³-hybridized carbons (Fsp3) is 0.0800. The molecular weight excluding hydrogens is 525 g/mol. The number of amides is 1. The lowest BCUT2D eigenvalue weighted by molar-refractivity contribution is -0.141. The van der Waals surface area contributed by atoms with Gasteiger partial charge < -0.3 is 10.4 Å². The molecule has 38 heavy (non-hydrogen) atoms. The molecule has 13 heteroatoms. The highest BCUT2D eigenvalue weighted by atomic mass is 32.2. The second-order valence-electron chi connectivity index (χ2n) is 8.31. The number of sulfonamides is 1. The second-order valence-corrected chi connectivity index (χ2v) is 9.96. The minimum absolute atomic E-state index is 0.0616. The standard InChI is InChI=1S/C25H17F3N4O5S/c26-25(27,28)21-12-20(32(30-21)17-10-4-14(13-33)5-11-17)24(35)29-16-8-6-15(7-9-16)18-2-1-3-19-22(18)38(36,37)31-23(19)34/h1-13,23,31,34H,(H,29,35). The summed E-state index contributed by atoms with van der Waals surface area (Å²) in [6, 6.07) is 16.7. The van der Waals surface area contributed by atoms with E-state index in [0.717, 1.165) is 4.68 Å². The van der Waals surface area contributed by atoms with Crippen molar-refractivity contribution >= 4 is 27.9 Å². The van der Waals surface area contributed by atoms with E-state index in [1.165, 1.54) is 54.6 Å². The highest BCUT2D eigenvalue weighted by Crippen LogP contribution is 2.37. The maximum atomic E-state index is 13.4. The Balaban J connectivity index is 1.45. The zero-order valence-corrected chi connectivity index (χ0v) is 19.9. The van der Waals surface area contributed by atoms with Crippen molar-refractivity contribution in [3.8, 4) is 16.8 Å². The van der Waals surface area contributed by atoms with Gasteiger partial charge in [-0.3, -0.25) is 9.59 Å². The summed E-state index contributed by atoms with van der Waals surface area (Å²) in [5.74, 6) is -0.879. The van der Waals surface area contributed by atoms with Crippen LogP contribution in [0.2, 0.25) is 0 Å². The van der Waals surface area contributed by atoms with Crippen LogP contribution in [0, 0.1) is 0 Å². The van der Waals surface area contributed by atoms with E-state index in [9.17, 15) is 36.3 Å². The number of benzene rings is 3. The van der Waals surface area contributed by atoms with Gasteiger partial charge in [0.1, 0.15) is 18.2 Å². The number of fused-ring (bicyclic) bond motifs is 1. The molecule has 1 aliphatic heterocycles. The molecular formula is C25H17F3N4O5S. The molecule has 1 aromatic heterocycles. The summed E-state index contributed by atoms with van der Waals surface area (Å²) in [6.45, 7) is 0. The lowest BCUT2D eigenvalue weighted by Crippen LogP contribution is -2.19. The number of hydrogen-bond donors (Lipinski definition) is 3. The lowest BCUT2D eigenvalue weighted by atomic mass is 10.0. The number of anilines is 1. The fourth-order valence-corrected chi connectivity index (χ4v) is 5.57. The molecule has 1 atom stereocenters. The van der Waals surface area contributed by atoms with E-state index in [2.05, 4.69) is 15.1 Å². The Morgan fingerprint density at radius 2 is 1.74 bits per heavy atom. The van der Waals surface area contributed by atoms with Crippen molar-refractivity contribution in [3.63, 3.8) is 0 Å². The van der Waals surface area contributed by atoms with Crippen molar-refractivity contribution < 1.29 is 36.3 Å². The molecule has 0 aliphatic carbocycles. The first-order valence-corrected chi connectivity index (χ1v) is 12.4. The first kappa shape index (κ1) is 25.3. The number of nitrogens with zero attached hydrogens (tertiary/aromatic N) is 2. The number of aromatic nitrogens is 2. The third-order valence-corrected chi connectivity index (χ3v) is 7.36. The number of hydrogen-bond acceptors (Lipinski definition) is 6. The fourth-order valence-electron chi connectivity index (χ4n) is 4.07. The Hall–Kier alpha value is -4.33. The van der Waals surface area contributed by atoms with E-state index in [4.69, 9.17) is 0 Å². The number of nitrogens with one attached hydrogen (secondary N) is 2. The average Bonchev–Trinajstić information content (AvgIpc) is 3.44. The van der Waals surface area contributed by atoms with Crippen LogP contribution in [0.15, 0.2) is 77.7 Å². The highest BCUT2D eigenvalue weighted by Gasteiger charge is 2.37. The first-order chi connectivity index (χ1) is 18.0. The molecule has 0 spiro atoms. The maximum absolute atomic E-state index is 13.4. The van der Waals surface area contributed by atoms with Crippen LogP contribution in [-0.2, 0) is 16.2 Å². The quantitative estimate of drug-likeness (QED) is 0.328. The van der Waals surface area contributed by atoms with Gasteiger partial charge in [0.25, 0.3) is 5.91 Å². The van der Waals surface area contributed by atoms with Gasteiger partial charge in [0.2, 0.25) is 10.0 Å². The predicted octanol–water partition coefficient (Wildman–Crippen LogP) is 3.91. The molecule has 0 bridgehead atoms. The number of carbonyl (C=O) groups excluding carboxylic acids is 2. The second kappa shape index (κ2) is 9.20. The van der Waals surface area contributed by atoms with Crippen molar-refractivity contribution in [3.05, 3.63) is 95.3 Å². The zero-order chi connectivity index (χ0) is 27.2. The summed E-state index contributed by atoms with van der Waals surface area (Å²) in [4.78, 5) is 23.8. The van der Waals surface area contributed by atoms with Crippen LogP contribution in [0.5, 0.6) is 0 Å². The molecule has 1 aliphatic rings. The SMILES string of the molecule is O=Cc1ccc(-n2nc(C(F)(F)F)cc2C(=O)Nc2ccc(-c3cccc4c3S(=O)(=O)NC4O)cc2)cc1. The molecule has 3 aromatic carbocycles. The van der Waals surface area contributed by atoms with Crippen molar-refractivity contribution in [1.82, 2.24) is 14.5 Å².